The number of nitrogens with one attached hydrogen (secondary N) is 1. The summed E-state index contributed by atoms with van der Waals surface area (Å²) in [5.74, 6) is -0.125. The van der Waals surface area contributed by atoms with E-state index in [-0.39, 0.29) is 17.7 Å². The van der Waals surface area contributed by atoms with Gasteiger partial charge >= 0.3 is 0 Å². The summed E-state index contributed by atoms with van der Waals surface area (Å²) in [7, 11) is 1.61. The molecule has 5 heteroatoms. The van der Waals surface area contributed by atoms with Gasteiger partial charge < -0.3 is 10.1 Å². The number of hydrogen-bond acceptors (Lipinski definition) is 3. The number of anilines is 1. The van der Waals surface area contributed by atoms with Crippen LogP contribution in [-0.2, 0) is 4.74 Å². The van der Waals surface area contributed by atoms with Gasteiger partial charge in [-0.2, -0.15) is 0 Å². The summed E-state index contributed by atoms with van der Waals surface area (Å²) < 4.78 is 18.8. The monoisotopic (exact) mass is 262 g/mol. The number of pyridine rings is 1. The fraction of sp³-hybridized carbons (Fsp3) is 0.444. The number of hydrogen-bond donors (Lipinski definition) is 1. The van der Waals surface area contributed by atoms with E-state index in [0.29, 0.717) is 11.0 Å². The topological polar surface area (TPSA) is 34.1 Å². The van der Waals surface area contributed by atoms with Crippen molar-refractivity contribution in [3.63, 3.8) is 0 Å². The van der Waals surface area contributed by atoms with Crippen LogP contribution in [0.3, 0.4) is 0 Å². The zero-order valence-corrected chi connectivity index (χ0v) is 9.64. The van der Waals surface area contributed by atoms with Crippen LogP contribution in [0.25, 0.3) is 0 Å². The molecule has 1 N–H and O–H groups in total. The van der Waals surface area contributed by atoms with Crippen LogP contribution in [0.1, 0.15) is 6.92 Å². The fourth-order valence-electron chi connectivity index (χ4n) is 0.868. The highest BCUT2D eigenvalue weighted by atomic mass is 79.9. The SMILES string of the molecule is COC(C)CNc1ncc(Br)cc1F. The fourth-order valence-corrected chi connectivity index (χ4v) is 1.17. The van der Waals surface area contributed by atoms with E-state index in [9.17, 15) is 4.39 Å². The Kier molecular flexibility index (Phi) is 4.28. The third-order valence-corrected chi connectivity index (χ3v) is 2.20. The molecule has 0 aliphatic heterocycles. The molecule has 1 aromatic rings. The summed E-state index contributed by atoms with van der Waals surface area (Å²) in [6, 6.07) is 1.37. The zero-order valence-electron chi connectivity index (χ0n) is 8.05. The van der Waals surface area contributed by atoms with Crippen LogP contribution in [0, 0.1) is 5.82 Å². The van der Waals surface area contributed by atoms with E-state index in [0.717, 1.165) is 0 Å². The Balaban J connectivity index is 2.59. The van der Waals surface area contributed by atoms with Gasteiger partial charge in [-0.1, -0.05) is 0 Å². The smallest absolute Gasteiger partial charge is 0.166 e. The molecule has 0 amide bonds. The summed E-state index contributed by atoms with van der Waals surface area (Å²) in [6.45, 7) is 2.42. The lowest BCUT2D eigenvalue weighted by atomic mass is 10.4. The quantitative estimate of drug-likeness (QED) is 0.905. The van der Waals surface area contributed by atoms with Crippen LogP contribution in [0.15, 0.2) is 16.7 Å². The van der Waals surface area contributed by atoms with Gasteiger partial charge in [-0.25, -0.2) is 9.37 Å². The lowest BCUT2D eigenvalue weighted by Crippen LogP contribution is -2.19. The molecule has 1 atom stereocenters. The molecule has 0 aromatic carbocycles. The van der Waals surface area contributed by atoms with Crippen LogP contribution < -0.4 is 5.32 Å². The third kappa shape index (κ3) is 3.23. The van der Waals surface area contributed by atoms with Gasteiger partial charge in [0.05, 0.1) is 6.10 Å². The standard InChI is InChI=1S/C9H12BrFN2O/c1-6(14-2)4-12-9-8(11)3-7(10)5-13-9/h3,5-6H,4H2,1-2H3,(H,12,13). The first-order valence-corrected chi connectivity index (χ1v) is 5.00. The van der Waals surface area contributed by atoms with Crippen LogP contribution in [0.5, 0.6) is 0 Å². The Labute approximate surface area is 90.8 Å². The van der Waals surface area contributed by atoms with E-state index in [1.807, 2.05) is 6.92 Å². The minimum Gasteiger partial charge on any atom is -0.380 e. The van der Waals surface area contributed by atoms with Crippen molar-refractivity contribution in [2.75, 3.05) is 19.0 Å². The maximum Gasteiger partial charge on any atom is 0.166 e. The van der Waals surface area contributed by atoms with Crippen LogP contribution in [-0.4, -0.2) is 24.7 Å². The second kappa shape index (κ2) is 5.26. The molecule has 3 nitrogen and oxygen atoms in total. The van der Waals surface area contributed by atoms with Crippen LogP contribution in [0.2, 0.25) is 0 Å². The Bertz CT molecular complexity index is 309. The highest BCUT2D eigenvalue weighted by Gasteiger charge is 2.05. The maximum absolute atomic E-state index is 13.2. The highest BCUT2D eigenvalue weighted by molar-refractivity contribution is 9.10. The predicted octanol–water partition coefficient (Wildman–Crippen LogP) is 2.43. The maximum atomic E-state index is 13.2. The van der Waals surface area contributed by atoms with Crippen molar-refractivity contribution in [3.05, 3.63) is 22.6 Å². The average molecular weight is 263 g/mol. The number of nitrogens with zero attached hydrogens (tertiary/aromatic N) is 1. The molecule has 78 valence electrons. The summed E-state index contributed by atoms with van der Waals surface area (Å²) in [5.41, 5.74) is 0. The molecule has 0 radical (unpaired) electrons. The number of aromatic nitrogens is 1. The Morgan fingerprint density at radius 2 is 2.43 bits per heavy atom. The number of rotatable bonds is 4. The molecule has 0 aliphatic carbocycles. The van der Waals surface area contributed by atoms with Gasteiger partial charge in [0, 0.05) is 24.3 Å². The van der Waals surface area contributed by atoms with Crippen LogP contribution in [0.4, 0.5) is 10.2 Å². The van der Waals surface area contributed by atoms with Crippen molar-refractivity contribution < 1.29 is 9.13 Å². The second-order valence-electron chi connectivity index (χ2n) is 2.91. The highest BCUT2D eigenvalue weighted by Crippen LogP contribution is 2.15. The number of methoxy groups -OCH3 is 1. The van der Waals surface area contributed by atoms with Crippen molar-refractivity contribution in [1.82, 2.24) is 4.98 Å². The molecule has 14 heavy (non-hydrogen) atoms. The summed E-state index contributed by atoms with van der Waals surface area (Å²) in [6.07, 6.45) is 1.57. The van der Waals surface area contributed by atoms with Gasteiger partial charge in [-0.3, -0.25) is 0 Å². The molecule has 1 aromatic heterocycles. The van der Waals surface area contributed by atoms with Crippen molar-refractivity contribution in [2.24, 2.45) is 0 Å². The first-order chi connectivity index (χ1) is 6.63. The first-order valence-electron chi connectivity index (χ1n) is 4.21. The van der Waals surface area contributed by atoms with Gasteiger partial charge in [-0.15, -0.1) is 0 Å². The Morgan fingerprint density at radius 3 is 3.00 bits per heavy atom. The molecule has 0 aliphatic rings. The molecule has 0 saturated heterocycles. The van der Waals surface area contributed by atoms with E-state index in [2.05, 4.69) is 26.2 Å². The lowest BCUT2D eigenvalue weighted by molar-refractivity contribution is 0.128. The van der Waals surface area contributed by atoms with Gasteiger partial charge in [0.2, 0.25) is 0 Å². The molecule has 1 heterocycles. The van der Waals surface area contributed by atoms with E-state index in [1.165, 1.54) is 6.07 Å². The number of ether oxygens (including phenoxy) is 1. The first kappa shape index (κ1) is 11.4. The zero-order chi connectivity index (χ0) is 10.6. The number of halogens is 2. The molecule has 1 unspecified atom stereocenters. The largest absolute Gasteiger partial charge is 0.380 e. The summed E-state index contributed by atoms with van der Waals surface area (Å²) in [4.78, 5) is 3.90. The molecule has 0 bridgehead atoms. The third-order valence-electron chi connectivity index (χ3n) is 1.77. The second-order valence-corrected chi connectivity index (χ2v) is 3.83. The van der Waals surface area contributed by atoms with E-state index in [4.69, 9.17) is 4.74 Å². The Morgan fingerprint density at radius 1 is 1.71 bits per heavy atom. The van der Waals surface area contributed by atoms with Gasteiger partial charge in [0.15, 0.2) is 11.6 Å². The van der Waals surface area contributed by atoms with Gasteiger partial charge in [0.1, 0.15) is 0 Å². The summed E-state index contributed by atoms with van der Waals surface area (Å²) >= 11 is 3.14. The van der Waals surface area contributed by atoms with Crippen LogP contribution >= 0.6 is 15.9 Å². The van der Waals surface area contributed by atoms with Crippen molar-refractivity contribution >= 4 is 21.7 Å². The molecular weight excluding hydrogens is 251 g/mol. The lowest BCUT2D eigenvalue weighted by Gasteiger charge is -2.11. The Hall–Kier alpha value is -0.680. The average Bonchev–Trinajstić information content (AvgIpc) is 2.16. The molecule has 0 spiro atoms. The van der Waals surface area contributed by atoms with Crippen molar-refractivity contribution in [3.8, 4) is 0 Å². The molecule has 0 fully saturated rings. The van der Waals surface area contributed by atoms with Crippen molar-refractivity contribution in [2.45, 2.75) is 13.0 Å². The summed E-state index contributed by atoms with van der Waals surface area (Å²) in [5, 5.41) is 2.86. The molecule has 1 rings (SSSR count). The molecule has 0 saturated carbocycles. The minimum absolute atomic E-state index is 0.0276. The van der Waals surface area contributed by atoms with Gasteiger partial charge in [0.25, 0.3) is 0 Å². The minimum atomic E-state index is -0.373. The van der Waals surface area contributed by atoms with E-state index in [1.54, 1.807) is 13.3 Å². The molecular formula is C9H12BrFN2O. The van der Waals surface area contributed by atoms with Crippen molar-refractivity contribution in [1.29, 1.82) is 0 Å². The van der Waals surface area contributed by atoms with E-state index < -0.39 is 0 Å². The predicted molar refractivity (Wildman–Crippen MR) is 56.9 cm³/mol. The van der Waals surface area contributed by atoms with E-state index >= 15 is 0 Å². The van der Waals surface area contributed by atoms with Gasteiger partial charge in [-0.05, 0) is 28.9 Å². The normalized spacial score (nSPS) is 12.6.